The molecule has 0 N–H and O–H groups in total. The van der Waals surface area contributed by atoms with E-state index in [2.05, 4.69) is 9.47 Å². The molecule has 0 aliphatic carbocycles. The number of methoxy groups -OCH3 is 1. The first kappa shape index (κ1) is 19.6. The van der Waals surface area contributed by atoms with Gasteiger partial charge in [0.2, 0.25) is 0 Å². The highest BCUT2D eigenvalue weighted by Gasteiger charge is 2.20. The summed E-state index contributed by atoms with van der Waals surface area (Å²) in [6.07, 6.45) is 1.71. The van der Waals surface area contributed by atoms with E-state index in [4.69, 9.17) is 4.74 Å². The fourth-order valence-corrected chi connectivity index (χ4v) is 1.15. The second-order valence-corrected chi connectivity index (χ2v) is 5.30. The molecule has 0 atom stereocenters. The molecule has 0 bridgehead atoms. The van der Waals surface area contributed by atoms with Gasteiger partial charge in [-0.3, -0.25) is 9.59 Å². The maximum Gasteiger partial charge on any atom is 0.331 e. The maximum absolute atomic E-state index is 11.7. The van der Waals surface area contributed by atoms with Crippen molar-refractivity contribution >= 4 is 23.8 Å². The van der Waals surface area contributed by atoms with E-state index in [1.165, 1.54) is 7.05 Å². The maximum atomic E-state index is 11.7. The zero-order valence-corrected chi connectivity index (χ0v) is 13.4. The van der Waals surface area contributed by atoms with E-state index >= 15 is 0 Å². The van der Waals surface area contributed by atoms with Gasteiger partial charge in [0.05, 0.1) is 7.11 Å². The lowest BCUT2D eigenvalue weighted by Crippen LogP contribution is -2.38. The number of amides is 1. The van der Waals surface area contributed by atoms with Crippen LogP contribution in [0.1, 0.15) is 20.8 Å². The first-order valence-corrected chi connectivity index (χ1v) is 6.43. The van der Waals surface area contributed by atoms with Gasteiger partial charge in [-0.25, -0.2) is 9.59 Å². The third kappa shape index (κ3) is 9.51. The molecule has 0 heterocycles. The molecule has 0 aliphatic rings. The first-order valence-electron chi connectivity index (χ1n) is 6.43. The summed E-state index contributed by atoms with van der Waals surface area (Å²) in [5.74, 6) is -2.74. The molecule has 0 spiro atoms. The van der Waals surface area contributed by atoms with Gasteiger partial charge >= 0.3 is 17.9 Å². The van der Waals surface area contributed by atoms with Crippen LogP contribution in [0.2, 0.25) is 0 Å². The Balaban J connectivity index is 4.21. The normalized spacial score (nSPS) is 11.0. The van der Waals surface area contributed by atoms with Crippen molar-refractivity contribution in [1.29, 1.82) is 0 Å². The lowest BCUT2D eigenvalue weighted by Gasteiger charge is -2.22. The topological polar surface area (TPSA) is 99.2 Å². The number of rotatable bonds is 6. The van der Waals surface area contributed by atoms with Crippen LogP contribution in [0.15, 0.2) is 12.2 Å². The van der Waals surface area contributed by atoms with Crippen LogP contribution in [0.25, 0.3) is 0 Å². The quantitative estimate of drug-likeness (QED) is 0.388. The molecule has 0 aromatic carbocycles. The summed E-state index contributed by atoms with van der Waals surface area (Å²) in [7, 11) is 2.54. The molecule has 22 heavy (non-hydrogen) atoms. The summed E-state index contributed by atoms with van der Waals surface area (Å²) in [4.78, 5) is 46.3. The van der Waals surface area contributed by atoms with Gasteiger partial charge in [-0.05, 0) is 20.8 Å². The molecule has 0 saturated carbocycles. The lowest BCUT2D eigenvalue weighted by atomic mass is 10.2. The Morgan fingerprint density at radius 2 is 1.59 bits per heavy atom. The van der Waals surface area contributed by atoms with Crippen molar-refractivity contribution in [3.63, 3.8) is 0 Å². The number of ether oxygens (including phenoxy) is 3. The Kier molecular flexibility index (Phi) is 7.85. The minimum Gasteiger partial charge on any atom is -0.466 e. The summed E-state index contributed by atoms with van der Waals surface area (Å²) < 4.78 is 14.0. The van der Waals surface area contributed by atoms with Gasteiger partial charge < -0.3 is 19.1 Å². The second-order valence-electron chi connectivity index (χ2n) is 5.30. The first-order chi connectivity index (χ1) is 10.0. The van der Waals surface area contributed by atoms with Crippen molar-refractivity contribution in [3.05, 3.63) is 12.2 Å². The predicted octanol–water partition coefficient (Wildman–Crippen LogP) is 0.0589. The average Bonchev–Trinajstić information content (AvgIpc) is 2.39. The van der Waals surface area contributed by atoms with Crippen molar-refractivity contribution in [2.45, 2.75) is 26.4 Å². The average molecular weight is 315 g/mol. The van der Waals surface area contributed by atoms with Gasteiger partial charge in [0.25, 0.3) is 5.91 Å². The molecule has 8 nitrogen and oxygen atoms in total. The second kappa shape index (κ2) is 8.81. The van der Waals surface area contributed by atoms with E-state index in [0.717, 1.165) is 24.2 Å². The van der Waals surface area contributed by atoms with Crippen LogP contribution in [-0.2, 0) is 33.4 Å². The lowest BCUT2D eigenvalue weighted by molar-refractivity contribution is -0.159. The molecule has 0 rings (SSSR count). The molecule has 8 heteroatoms. The van der Waals surface area contributed by atoms with Crippen LogP contribution in [-0.4, -0.2) is 61.6 Å². The standard InChI is InChI=1S/C14H21NO7/c1-14(2,3)22-13(19)8-15(4)10(16)9-21-12(18)7-6-11(17)20-5/h6-7H,8-9H2,1-5H3. The van der Waals surface area contributed by atoms with Gasteiger partial charge in [-0.15, -0.1) is 0 Å². The van der Waals surface area contributed by atoms with Crippen LogP contribution in [0.4, 0.5) is 0 Å². The van der Waals surface area contributed by atoms with E-state index in [0.29, 0.717) is 0 Å². The van der Waals surface area contributed by atoms with Gasteiger partial charge in [0.15, 0.2) is 6.61 Å². The van der Waals surface area contributed by atoms with Crippen LogP contribution >= 0.6 is 0 Å². The largest absolute Gasteiger partial charge is 0.466 e. The zero-order valence-electron chi connectivity index (χ0n) is 13.4. The Morgan fingerprint density at radius 3 is 2.09 bits per heavy atom. The summed E-state index contributed by atoms with van der Waals surface area (Å²) in [6.45, 7) is 4.32. The van der Waals surface area contributed by atoms with Crippen molar-refractivity contribution in [1.82, 2.24) is 4.90 Å². The summed E-state index contributed by atoms with van der Waals surface area (Å²) in [6, 6.07) is 0. The molecule has 0 aliphatic heterocycles. The molecule has 0 aromatic heterocycles. The number of hydrogen-bond donors (Lipinski definition) is 0. The van der Waals surface area contributed by atoms with Crippen molar-refractivity contribution in [3.8, 4) is 0 Å². The highest BCUT2D eigenvalue weighted by Crippen LogP contribution is 2.07. The van der Waals surface area contributed by atoms with Crippen LogP contribution in [0.3, 0.4) is 0 Å². The number of likely N-dealkylation sites (N-methyl/N-ethyl adjacent to an activating group) is 1. The SMILES string of the molecule is COC(=O)C=CC(=O)OCC(=O)N(C)CC(=O)OC(C)(C)C. The van der Waals surface area contributed by atoms with Crippen molar-refractivity contribution in [2.24, 2.45) is 0 Å². The molecular formula is C14H21NO7. The fourth-order valence-electron chi connectivity index (χ4n) is 1.15. The van der Waals surface area contributed by atoms with E-state index in [-0.39, 0.29) is 6.54 Å². The van der Waals surface area contributed by atoms with Crippen LogP contribution < -0.4 is 0 Å². The number of esters is 3. The number of carbonyl (C=O) groups is 4. The molecule has 1 amide bonds. The van der Waals surface area contributed by atoms with Crippen LogP contribution in [0.5, 0.6) is 0 Å². The molecule has 0 radical (unpaired) electrons. The van der Waals surface area contributed by atoms with E-state index in [1.54, 1.807) is 20.8 Å². The minimum absolute atomic E-state index is 0.258. The highest BCUT2D eigenvalue weighted by molar-refractivity contribution is 5.92. The van der Waals surface area contributed by atoms with Gasteiger partial charge in [0, 0.05) is 19.2 Å². The Labute approximate surface area is 129 Å². The Bertz CT molecular complexity index is 462. The van der Waals surface area contributed by atoms with E-state index < -0.39 is 36.0 Å². The third-order valence-corrected chi connectivity index (χ3v) is 2.11. The predicted molar refractivity (Wildman–Crippen MR) is 75.6 cm³/mol. The molecule has 0 saturated heterocycles. The van der Waals surface area contributed by atoms with E-state index in [9.17, 15) is 19.2 Å². The van der Waals surface area contributed by atoms with Gasteiger partial charge in [-0.1, -0.05) is 0 Å². The molecule has 124 valence electrons. The fraction of sp³-hybridized carbons (Fsp3) is 0.571. The molecule has 0 unspecified atom stereocenters. The number of hydrogen-bond acceptors (Lipinski definition) is 7. The smallest absolute Gasteiger partial charge is 0.331 e. The monoisotopic (exact) mass is 315 g/mol. The minimum atomic E-state index is -0.871. The van der Waals surface area contributed by atoms with Crippen LogP contribution in [0, 0.1) is 0 Å². The Hall–Kier alpha value is -2.38. The summed E-state index contributed by atoms with van der Waals surface area (Å²) in [5, 5.41) is 0. The molecule has 0 aromatic rings. The highest BCUT2D eigenvalue weighted by atomic mass is 16.6. The Morgan fingerprint density at radius 1 is 1.05 bits per heavy atom. The van der Waals surface area contributed by atoms with Gasteiger partial charge in [-0.2, -0.15) is 0 Å². The van der Waals surface area contributed by atoms with E-state index in [1.807, 2.05) is 0 Å². The molecule has 0 fully saturated rings. The summed E-state index contributed by atoms with van der Waals surface area (Å²) >= 11 is 0. The molecular weight excluding hydrogens is 294 g/mol. The number of carbonyl (C=O) groups excluding carboxylic acids is 4. The van der Waals surface area contributed by atoms with Gasteiger partial charge in [0.1, 0.15) is 12.1 Å². The van der Waals surface area contributed by atoms with Crippen molar-refractivity contribution in [2.75, 3.05) is 27.3 Å². The van der Waals surface area contributed by atoms with Crippen molar-refractivity contribution < 1.29 is 33.4 Å². The zero-order chi connectivity index (χ0) is 17.3. The number of nitrogens with zero attached hydrogens (tertiary/aromatic N) is 1. The third-order valence-electron chi connectivity index (χ3n) is 2.11. The summed E-state index contributed by atoms with van der Waals surface area (Å²) in [5.41, 5.74) is -0.647.